The molecule has 0 radical (unpaired) electrons. The van der Waals surface area contributed by atoms with Gasteiger partial charge in [-0.3, -0.25) is 9.10 Å². The first-order chi connectivity index (χ1) is 14.2. The number of para-hydroxylation sites is 1. The monoisotopic (exact) mass is 454 g/mol. The number of ether oxygens (including phenoxy) is 2. The largest absolute Gasteiger partial charge is 0.496 e. The minimum Gasteiger partial charge on any atom is -0.496 e. The van der Waals surface area contributed by atoms with Gasteiger partial charge < -0.3 is 14.8 Å². The molecule has 9 heteroatoms. The van der Waals surface area contributed by atoms with Gasteiger partial charge in [-0.25, -0.2) is 8.42 Å². The van der Waals surface area contributed by atoms with E-state index in [9.17, 15) is 13.2 Å². The van der Waals surface area contributed by atoms with Crippen molar-refractivity contribution in [2.45, 2.75) is 25.8 Å². The molecular formula is C21H27ClN2O5S. The molecular weight excluding hydrogens is 428 g/mol. The van der Waals surface area contributed by atoms with Gasteiger partial charge in [0.2, 0.25) is 15.9 Å². The van der Waals surface area contributed by atoms with Crippen molar-refractivity contribution in [3.8, 4) is 11.5 Å². The summed E-state index contributed by atoms with van der Waals surface area (Å²) in [5, 5.41) is 3.23. The van der Waals surface area contributed by atoms with Gasteiger partial charge in [0.1, 0.15) is 11.5 Å². The molecule has 0 saturated carbocycles. The molecule has 164 valence electrons. The molecule has 0 aliphatic rings. The first-order valence-electron chi connectivity index (χ1n) is 9.41. The van der Waals surface area contributed by atoms with Crippen LogP contribution >= 0.6 is 11.6 Å². The standard InChI is InChI=1S/C21H27ClN2O5S/c1-15(17-8-5-6-9-19(17)28-2)23-21(25)10-7-13-24(30(4,26)27)16-11-12-20(29-3)18(22)14-16/h5-6,8-9,11-12,14-15H,7,10,13H2,1-4H3,(H,23,25). The number of benzene rings is 2. The van der Waals surface area contributed by atoms with Crippen LogP contribution in [0.3, 0.4) is 0 Å². The number of anilines is 1. The van der Waals surface area contributed by atoms with Crippen LogP contribution < -0.4 is 19.1 Å². The third kappa shape index (κ3) is 6.27. The number of methoxy groups -OCH3 is 2. The second kappa shape index (κ2) is 10.5. The fourth-order valence-electron chi connectivity index (χ4n) is 3.10. The minimum atomic E-state index is -3.54. The van der Waals surface area contributed by atoms with E-state index in [2.05, 4.69) is 5.32 Å². The van der Waals surface area contributed by atoms with Gasteiger partial charge in [-0.15, -0.1) is 0 Å². The van der Waals surface area contributed by atoms with Gasteiger partial charge in [0, 0.05) is 18.5 Å². The second-order valence-electron chi connectivity index (χ2n) is 6.79. The van der Waals surface area contributed by atoms with E-state index in [1.54, 1.807) is 19.2 Å². The van der Waals surface area contributed by atoms with E-state index in [0.717, 1.165) is 11.8 Å². The zero-order valence-electron chi connectivity index (χ0n) is 17.5. The summed E-state index contributed by atoms with van der Waals surface area (Å²) in [5.41, 5.74) is 1.30. The smallest absolute Gasteiger partial charge is 0.232 e. The number of nitrogens with one attached hydrogen (secondary N) is 1. The van der Waals surface area contributed by atoms with Gasteiger partial charge in [-0.2, -0.15) is 0 Å². The number of halogens is 1. The highest BCUT2D eigenvalue weighted by Crippen LogP contribution is 2.30. The summed E-state index contributed by atoms with van der Waals surface area (Å²) >= 11 is 6.13. The molecule has 30 heavy (non-hydrogen) atoms. The van der Waals surface area contributed by atoms with Crippen molar-refractivity contribution in [2.75, 3.05) is 31.3 Å². The molecule has 2 aromatic rings. The van der Waals surface area contributed by atoms with Gasteiger partial charge in [0.25, 0.3) is 0 Å². The normalized spacial score (nSPS) is 12.2. The molecule has 0 aromatic heterocycles. The minimum absolute atomic E-state index is 0.151. The van der Waals surface area contributed by atoms with Crippen LogP contribution in [0.25, 0.3) is 0 Å². The van der Waals surface area contributed by atoms with Gasteiger partial charge in [0.05, 0.1) is 37.2 Å². The Labute approximate surface area is 183 Å². The summed E-state index contributed by atoms with van der Waals surface area (Å²) in [6, 6.07) is 12.0. The number of amides is 1. The lowest BCUT2D eigenvalue weighted by Crippen LogP contribution is -2.32. The molecule has 1 atom stereocenters. The Morgan fingerprint density at radius 1 is 1.13 bits per heavy atom. The Morgan fingerprint density at radius 2 is 1.80 bits per heavy atom. The van der Waals surface area contributed by atoms with Gasteiger partial charge in [-0.05, 0) is 37.6 Å². The molecule has 0 fully saturated rings. The summed E-state index contributed by atoms with van der Waals surface area (Å²) in [5.74, 6) is 0.984. The van der Waals surface area contributed by atoms with Crippen LogP contribution in [0.4, 0.5) is 5.69 Å². The van der Waals surface area contributed by atoms with Crippen molar-refractivity contribution >= 4 is 33.2 Å². The highest BCUT2D eigenvalue weighted by atomic mass is 35.5. The number of carbonyl (C=O) groups excluding carboxylic acids is 1. The number of sulfonamides is 1. The summed E-state index contributed by atoms with van der Waals surface area (Å²) in [7, 11) is -0.474. The van der Waals surface area contributed by atoms with E-state index in [0.29, 0.717) is 28.6 Å². The van der Waals surface area contributed by atoms with E-state index < -0.39 is 10.0 Å². The Kier molecular flexibility index (Phi) is 8.37. The maximum Gasteiger partial charge on any atom is 0.232 e. The maximum atomic E-state index is 12.4. The van der Waals surface area contributed by atoms with Crippen LogP contribution in [0.2, 0.25) is 5.02 Å². The SMILES string of the molecule is COc1ccc(N(CCCC(=O)NC(C)c2ccccc2OC)S(C)(=O)=O)cc1Cl. The van der Waals surface area contributed by atoms with Crippen molar-refractivity contribution in [2.24, 2.45) is 0 Å². The average molecular weight is 455 g/mol. The molecule has 0 aliphatic heterocycles. The third-order valence-corrected chi connectivity index (χ3v) is 6.06. The zero-order chi connectivity index (χ0) is 22.3. The van der Waals surface area contributed by atoms with Crippen molar-refractivity contribution < 1.29 is 22.7 Å². The van der Waals surface area contributed by atoms with E-state index >= 15 is 0 Å². The molecule has 0 aliphatic carbocycles. The van der Waals surface area contributed by atoms with Crippen LogP contribution in [0.15, 0.2) is 42.5 Å². The topological polar surface area (TPSA) is 84.9 Å². The van der Waals surface area contributed by atoms with Crippen molar-refractivity contribution in [1.29, 1.82) is 0 Å². The molecule has 2 aromatic carbocycles. The van der Waals surface area contributed by atoms with Crippen molar-refractivity contribution in [3.63, 3.8) is 0 Å². The Hall–Kier alpha value is -2.45. The number of nitrogens with zero attached hydrogens (tertiary/aromatic N) is 1. The lowest BCUT2D eigenvalue weighted by atomic mass is 10.1. The lowest BCUT2D eigenvalue weighted by molar-refractivity contribution is -0.121. The van der Waals surface area contributed by atoms with Gasteiger partial charge in [0.15, 0.2) is 0 Å². The predicted octanol–water partition coefficient (Wildman–Crippen LogP) is 3.78. The van der Waals surface area contributed by atoms with E-state index in [4.69, 9.17) is 21.1 Å². The Balaban J connectivity index is 2.00. The quantitative estimate of drug-likeness (QED) is 0.590. The molecule has 7 nitrogen and oxygen atoms in total. The van der Waals surface area contributed by atoms with Crippen LogP contribution in [0.1, 0.15) is 31.4 Å². The van der Waals surface area contributed by atoms with Crippen LogP contribution in [0.5, 0.6) is 11.5 Å². The Morgan fingerprint density at radius 3 is 2.40 bits per heavy atom. The average Bonchev–Trinajstić information content (AvgIpc) is 2.70. The van der Waals surface area contributed by atoms with Crippen LogP contribution in [0, 0.1) is 0 Å². The molecule has 1 unspecified atom stereocenters. The summed E-state index contributed by atoms with van der Waals surface area (Å²) in [4.78, 5) is 12.4. The van der Waals surface area contributed by atoms with Crippen LogP contribution in [-0.4, -0.2) is 41.3 Å². The first-order valence-corrected chi connectivity index (χ1v) is 11.6. The van der Waals surface area contributed by atoms with Crippen LogP contribution in [-0.2, 0) is 14.8 Å². The third-order valence-electron chi connectivity index (χ3n) is 4.57. The number of hydrogen-bond donors (Lipinski definition) is 1. The number of rotatable bonds is 10. The summed E-state index contributed by atoms with van der Waals surface area (Å²) in [6.07, 6.45) is 1.64. The highest BCUT2D eigenvalue weighted by Gasteiger charge is 2.19. The fourth-order valence-corrected chi connectivity index (χ4v) is 4.30. The molecule has 0 heterocycles. The van der Waals surface area contributed by atoms with Crippen molar-refractivity contribution in [3.05, 3.63) is 53.1 Å². The maximum absolute atomic E-state index is 12.4. The fraction of sp³-hybridized carbons (Fsp3) is 0.381. The predicted molar refractivity (Wildman–Crippen MR) is 119 cm³/mol. The van der Waals surface area contributed by atoms with Gasteiger partial charge >= 0.3 is 0 Å². The van der Waals surface area contributed by atoms with E-state index in [-0.39, 0.29) is 24.9 Å². The van der Waals surface area contributed by atoms with Crippen molar-refractivity contribution in [1.82, 2.24) is 5.32 Å². The van der Waals surface area contributed by atoms with E-state index in [1.165, 1.54) is 17.5 Å². The second-order valence-corrected chi connectivity index (χ2v) is 9.10. The molecule has 1 N–H and O–H groups in total. The molecule has 0 bridgehead atoms. The molecule has 1 amide bonds. The molecule has 0 saturated heterocycles. The van der Waals surface area contributed by atoms with E-state index in [1.807, 2.05) is 31.2 Å². The summed E-state index contributed by atoms with van der Waals surface area (Å²) < 4.78 is 36.2. The number of carbonyl (C=O) groups is 1. The number of hydrogen-bond acceptors (Lipinski definition) is 5. The highest BCUT2D eigenvalue weighted by molar-refractivity contribution is 7.92. The first kappa shape index (κ1) is 23.8. The zero-order valence-corrected chi connectivity index (χ0v) is 19.1. The lowest BCUT2D eigenvalue weighted by Gasteiger charge is -2.23. The molecule has 0 spiro atoms. The molecule has 2 rings (SSSR count). The van der Waals surface area contributed by atoms with Gasteiger partial charge in [-0.1, -0.05) is 29.8 Å². The summed E-state index contributed by atoms with van der Waals surface area (Å²) in [6.45, 7) is 2.02. The Bertz CT molecular complexity index is 981.